The van der Waals surface area contributed by atoms with Crippen LogP contribution < -0.4 is 0 Å². The van der Waals surface area contributed by atoms with Crippen molar-refractivity contribution in [1.29, 1.82) is 0 Å². The fourth-order valence-electron chi connectivity index (χ4n) is 2.97. The Morgan fingerprint density at radius 3 is 2.86 bits per heavy atom. The molecule has 1 aliphatic carbocycles. The van der Waals surface area contributed by atoms with Crippen LogP contribution in [0.3, 0.4) is 0 Å². The van der Waals surface area contributed by atoms with Crippen molar-refractivity contribution in [2.45, 2.75) is 63.7 Å². The average Bonchev–Trinajstić information content (AvgIpc) is 2.93. The van der Waals surface area contributed by atoms with Gasteiger partial charge in [-0.15, -0.1) is 10.2 Å². The summed E-state index contributed by atoms with van der Waals surface area (Å²) in [6, 6.07) is 0.712. The zero-order chi connectivity index (χ0) is 15.4. The Hall–Kier alpha value is -1.04. The summed E-state index contributed by atoms with van der Waals surface area (Å²) in [5, 5.41) is 8.86. The van der Waals surface area contributed by atoms with E-state index in [9.17, 15) is 4.79 Å². The molecule has 5 nitrogen and oxygen atoms in total. The maximum atomic E-state index is 12.4. The normalized spacial score (nSPS) is 22.5. The van der Waals surface area contributed by atoms with E-state index in [1.807, 2.05) is 16.5 Å². The third-order valence-electron chi connectivity index (χ3n) is 4.38. The van der Waals surface area contributed by atoms with Crippen molar-refractivity contribution < 1.29 is 4.79 Å². The van der Waals surface area contributed by atoms with Crippen molar-refractivity contribution >= 4 is 17.7 Å². The summed E-state index contributed by atoms with van der Waals surface area (Å²) < 4.78 is 2.00. The zero-order valence-corrected chi connectivity index (χ0v) is 14.3. The van der Waals surface area contributed by atoms with E-state index in [1.54, 1.807) is 6.33 Å². The van der Waals surface area contributed by atoms with Gasteiger partial charge < -0.3 is 9.47 Å². The lowest BCUT2D eigenvalue weighted by atomic mass is 9.85. The van der Waals surface area contributed by atoms with Crippen molar-refractivity contribution in [3.05, 3.63) is 6.33 Å². The fourth-order valence-corrected chi connectivity index (χ4v) is 3.94. The number of hydrogen-bond acceptors (Lipinski definition) is 4. The minimum atomic E-state index is 0.192. The topological polar surface area (TPSA) is 51.0 Å². The average molecular weight is 310 g/mol. The molecule has 6 heteroatoms. The monoisotopic (exact) mass is 310 g/mol. The Bertz CT molecular complexity index is 474. The molecule has 0 saturated heterocycles. The second-order valence-electron chi connectivity index (χ2n) is 6.24. The summed E-state index contributed by atoms with van der Waals surface area (Å²) in [6.45, 7) is 6.44. The molecule has 0 radical (unpaired) electrons. The molecule has 1 saturated carbocycles. The van der Waals surface area contributed by atoms with Gasteiger partial charge in [0.05, 0.1) is 5.75 Å². The summed E-state index contributed by atoms with van der Waals surface area (Å²) in [6.07, 6.45) is 6.63. The third kappa shape index (κ3) is 3.99. The van der Waals surface area contributed by atoms with Gasteiger partial charge in [0.25, 0.3) is 0 Å². The smallest absolute Gasteiger partial charge is 0.233 e. The number of amides is 1. The number of aromatic nitrogens is 3. The van der Waals surface area contributed by atoms with Crippen molar-refractivity contribution in [3.63, 3.8) is 0 Å². The fraction of sp³-hybridized carbons (Fsp3) is 0.800. The first-order valence-electron chi connectivity index (χ1n) is 7.78. The van der Waals surface area contributed by atoms with Crippen molar-refractivity contribution in [2.24, 2.45) is 5.92 Å². The van der Waals surface area contributed by atoms with Gasteiger partial charge in [-0.3, -0.25) is 4.79 Å². The molecule has 1 aromatic heterocycles. The van der Waals surface area contributed by atoms with Gasteiger partial charge in [0.1, 0.15) is 6.33 Å². The first-order valence-corrected chi connectivity index (χ1v) is 8.77. The van der Waals surface area contributed by atoms with Crippen molar-refractivity contribution in [1.82, 2.24) is 19.7 Å². The van der Waals surface area contributed by atoms with Crippen LogP contribution >= 0.6 is 11.8 Å². The van der Waals surface area contributed by atoms with Crippen molar-refractivity contribution in [3.8, 4) is 0 Å². The molecule has 0 bridgehead atoms. The molecule has 2 unspecified atom stereocenters. The molecule has 0 aromatic carbocycles. The van der Waals surface area contributed by atoms with E-state index in [1.165, 1.54) is 31.0 Å². The highest BCUT2D eigenvalue weighted by Crippen LogP contribution is 2.28. The molecule has 1 amide bonds. The quantitative estimate of drug-likeness (QED) is 0.785. The molecule has 2 atom stereocenters. The molecule has 1 aromatic rings. The van der Waals surface area contributed by atoms with Crippen LogP contribution in [-0.2, 0) is 4.79 Å². The molecule has 1 heterocycles. The molecule has 0 aliphatic heterocycles. The lowest BCUT2D eigenvalue weighted by molar-refractivity contribution is -0.130. The Labute approximate surface area is 131 Å². The van der Waals surface area contributed by atoms with Gasteiger partial charge in [0, 0.05) is 19.1 Å². The second kappa shape index (κ2) is 7.29. The standard InChI is InChI=1S/C15H26N4OS/c1-11(2)19-10-16-17-15(19)21-9-14(20)18(4)13-8-6-5-7-12(13)3/h10-13H,5-9H2,1-4H3. The third-order valence-corrected chi connectivity index (χ3v) is 5.32. The van der Waals surface area contributed by atoms with Gasteiger partial charge in [-0.1, -0.05) is 31.5 Å². The molecule has 2 rings (SSSR count). The van der Waals surface area contributed by atoms with Gasteiger partial charge in [-0.25, -0.2) is 0 Å². The molecule has 21 heavy (non-hydrogen) atoms. The second-order valence-corrected chi connectivity index (χ2v) is 7.18. The zero-order valence-electron chi connectivity index (χ0n) is 13.5. The summed E-state index contributed by atoms with van der Waals surface area (Å²) in [7, 11) is 1.95. The van der Waals surface area contributed by atoms with E-state index in [-0.39, 0.29) is 5.91 Å². The predicted octanol–water partition coefficient (Wildman–Crippen LogP) is 2.99. The van der Waals surface area contributed by atoms with Crippen LogP contribution in [0.2, 0.25) is 0 Å². The summed E-state index contributed by atoms with van der Waals surface area (Å²) in [5.74, 6) is 1.24. The van der Waals surface area contributed by atoms with Gasteiger partial charge in [0.2, 0.25) is 5.91 Å². The SMILES string of the molecule is CC1CCCCC1N(C)C(=O)CSc1nncn1C(C)C. The van der Waals surface area contributed by atoms with Crippen LogP contribution in [0.1, 0.15) is 52.5 Å². The van der Waals surface area contributed by atoms with Gasteiger partial charge in [0.15, 0.2) is 5.16 Å². The molecular formula is C15H26N4OS. The lowest BCUT2D eigenvalue weighted by Gasteiger charge is -2.36. The van der Waals surface area contributed by atoms with E-state index in [0.29, 0.717) is 23.8 Å². The Kier molecular flexibility index (Phi) is 5.67. The number of hydrogen-bond donors (Lipinski definition) is 0. The molecule has 1 aliphatic rings. The minimum absolute atomic E-state index is 0.192. The van der Waals surface area contributed by atoms with Crippen LogP contribution in [0.4, 0.5) is 0 Å². The predicted molar refractivity (Wildman–Crippen MR) is 85.3 cm³/mol. The van der Waals surface area contributed by atoms with E-state index in [4.69, 9.17) is 0 Å². The maximum Gasteiger partial charge on any atom is 0.233 e. The molecule has 0 N–H and O–H groups in total. The number of nitrogens with zero attached hydrogens (tertiary/aromatic N) is 4. The largest absolute Gasteiger partial charge is 0.342 e. The Morgan fingerprint density at radius 2 is 2.19 bits per heavy atom. The summed E-state index contributed by atoms with van der Waals surface area (Å²) in [5.41, 5.74) is 0. The summed E-state index contributed by atoms with van der Waals surface area (Å²) >= 11 is 1.48. The Balaban J connectivity index is 1.90. The van der Waals surface area contributed by atoms with Gasteiger partial charge in [-0.2, -0.15) is 0 Å². The van der Waals surface area contributed by atoms with Crippen LogP contribution in [0.25, 0.3) is 0 Å². The summed E-state index contributed by atoms with van der Waals surface area (Å²) in [4.78, 5) is 14.4. The molecular weight excluding hydrogens is 284 g/mol. The molecule has 0 spiro atoms. The van der Waals surface area contributed by atoms with Gasteiger partial charge >= 0.3 is 0 Å². The lowest BCUT2D eigenvalue weighted by Crippen LogP contribution is -2.43. The van der Waals surface area contributed by atoms with Gasteiger partial charge in [-0.05, 0) is 32.6 Å². The highest BCUT2D eigenvalue weighted by molar-refractivity contribution is 7.99. The van der Waals surface area contributed by atoms with E-state index in [0.717, 1.165) is 11.6 Å². The van der Waals surface area contributed by atoms with Crippen LogP contribution in [0, 0.1) is 5.92 Å². The number of carbonyl (C=O) groups excluding carboxylic acids is 1. The number of thioether (sulfide) groups is 1. The van der Waals surface area contributed by atoms with E-state index >= 15 is 0 Å². The molecule has 1 fully saturated rings. The highest BCUT2D eigenvalue weighted by Gasteiger charge is 2.27. The van der Waals surface area contributed by atoms with Crippen molar-refractivity contribution in [2.75, 3.05) is 12.8 Å². The van der Waals surface area contributed by atoms with E-state index < -0.39 is 0 Å². The first-order chi connectivity index (χ1) is 10.0. The Morgan fingerprint density at radius 1 is 1.48 bits per heavy atom. The van der Waals surface area contributed by atoms with Crippen LogP contribution in [0.15, 0.2) is 11.5 Å². The van der Waals surface area contributed by atoms with E-state index in [2.05, 4.69) is 31.0 Å². The first kappa shape index (κ1) is 16.3. The minimum Gasteiger partial charge on any atom is -0.342 e. The number of rotatable bonds is 5. The number of carbonyl (C=O) groups is 1. The maximum absolute atomic E-state index is 12.4. The molecule has 118 valence electrons. The highest BCUT2D eigenvalue weighted by atomic mass is 32.2. The van der Waals surface area contributed by atoms with Crippen LogP contribution in [0.5, 0.6) is 0 Å². The van der Waals surface area contributed by atoms with Crippen LogP contribution in [-0.4, -0.2) is 44.4 Å².